The molecule has 1 N–H and O–H groups in total. The molecule has 1 amide bonds. The van der Waals surface area contributed by atoms with Crippen molar-refractivity contribution in [2.24, 2.45) is 0 Å². The van der Waals surface area contributed by atoms with E-state index in [2.05, 4.69) is 5.32 Å². The number of carbonyl (C=O) groups excluding carboxylic acids is 1. The van der Waals surface area contributed by atoms with Crippen LogP contribution < -0.4 is 10.8 Å². The third-order valence-electron chi connectivity index (χ3n) is 5.59. The smallest absolute Gasteiger partial charge is 0.399 e. The summed E-state index contributed by atoms with van der Waals surface area (Å²) in [6.45, 7) is 9.42. The number of halogens is 4. The Balaban J connectivity index is 1.88. The van der Waals surface area contributed by atoms with E-state index < -0.39 is 47.5 Å². The van der Waals surface area contributed by atoms with E-state index in [1.54, 1.807) is 12.1 Å². The van der Waals surface area contributed by atoms with Crippen LogP contribution in [0.5, 0.6) is 0 Å². The Labute approximate surface area is 172 Å². The van der Waals surface area contributed by atoms with E-state index in [1.165, 1.54) is 6.07 Å². The summed E-state index contributed by atoms with van der Waals surface area (Å²) < 4.78 is 64.7. The van der Waals surface area contributed by atoms with Gasteiger partial charge in [-0.15, -0.1) is 0 Å². The minimum atomic E-state index is -4.65. The minimum absolute atomic E-state index is 0.141. The van der Waals surface area contributed by atoms with E-state index in [-0.39, 0.29) is 5.56 Å². The summed E-state index contributed by atoms with van der Waals surface area (Å²) in [5.74, 6) is -1.71. The first kappa shape index (κ1) is 22.3. The molecule has 0 spiro atoms. The molecular weight excluding hydrogens is 401 g/mol. The summed E-state index contributed by atoms with van der Waals surface area (Å²) in [6, 6.07) is 6.58. The summed E-state index contributed by atoms with van der Waals surface area (Å²) in [5, 5.41) is 2.21. The molecule has 1 heterocycles. The summed E-state index contributed by atoms with van der Waals surface area (Å²) >= 11 is 0. The van der Waals surface area contributed by atoms with Gasteiger partial charge in [0.25, 0.3) is 5.91 Å². The van der Waals surface area contributed by atoms with Crippen LogP contribution >= 0.6 is 0 Å². The maximum atomic E-state index is 14.0. The molecule has 1 aliphatic heterocycles. The number of aryl methyl sites for hydroxylation is 1. The van der Waals surface area contributed by atoms with Crippen LogP contribution in [0.25, 0.3) is 0 Å². The Bertz CT molecular complexity index is 973. The first-order valence-electron chi connectivity index (χ1n) is 9.35. The maximum absolute atomic E-state index is 14.0. The molecule has 9 heteroatoms. The van der Waals surface area contributed by atoms with Gasteiger partial charge in [-0.25, -0.2) is 4.39 Å². The number of alkyl halides is 3. The Morgan fingerprint density at radius 1 is 1.00 bits per heavy atom. The highest BCUT2D eigenvalue weighted by Gasteiger charge is 2.52. The Morgan fingerprint density at radius 3 is 2.17 bits per heavy atom. The van der Waals surface area contributed by atoms with Gasteiger partial charge >= 0.3 is 13.3 Å². The largest absolute Gasteiger partial charge is 0.495 e. The van der Waals surface area contributed by atoms with Gasteiger partial charge in [-0.1, -0.05) is 11.6 Å². The van der Waals surface area contributed by atoms with Crippen LogP contribution in [0.4, 0.5) is 23.2 Å². The van der Waals surface area contributed by atoms with Crippen molar-refractivity contribution in [1.29, 1.82) is 0 Å². The van der Waals surface area contributed by atoms with Gasteiger partial charge < -0.3 is 14.6 Å². The lowest BCUT2D eigenvalue weighted by molar-refractivity contribution is -0.137. The molecule has 1 aliphatic rings. The van der Waals surface area contributed by atoms with Gasteiger partial charge in [0, 0.05) is 5.56 Å². The van der Waals surface area contributed by atoms with E-state index >= 15 is 0 Å². The predicted molar refractivity (Wildman–Crippen MR) is 106 cm³/mol. The SMILES string of the molecule is Cc1ccc(C(=O)Nc2cc(C(F)(F)F)ccc2F)cc1B1OC(C)(C)C(C)(C)O1. The Kier molecular flexibility index (Phi) is 5.49. The zero-order chi connectivity index (χ0) is 22.5. The summed E-state index contributed by atoms with van der Waals surface area (Å²) in [4.78, 5) is 12.6. The van der Waals surface area contributed by atoms with Gasteiger partial charge in [0.15, 0.2) is 0 Å². The molecule has 2 aromatic rings. The fourth-order valence-corrected chi connectivity index (χ4v) is 3.00. The number of anilines is 1. The quantitative estimate of drug-likeness (QED) is 0.575. The highest BCUT2D eigenvalue weighted by molar-refractivity contribution is 6.62. The van der Waals surface area contributed by atoms with Crippen LogP contribution in [0.2, 0.25) is 0 Å². The van der Waals surface area contributed by atoms with E-state index in [9.17, 15) is 22.4 Å². The lowest BCUT2D eigenvalue weighted by Gasteiger charge is -2.32. The number of benzene rings is 2. The highest BCUT2D eigenvalue weighted by Crippen LogP contribution is 2.37. The first-order chi connectivity index (χ1) is 13.7. The van der Waals surface area contributed by atoms with Crippen molar-refractivity contribution in [3.05, 3.63) is 58.9 Å². The van der Waals surface area contributed by atoms with Crippen molar-refractivity contribution in [3.8, 4) is 0 Å². The van der Waals surface area contributed by atoms with E-state index in [1.807, 2.05) is 34.6 Å². The lowest BCUT2D eigenvalue weighted by Crippen LogP contribution is -2.41. The number of rotatable bonds is 3. The fourth-order valence-electron chi connectivity index (χ4n) is 3.00. The molecule has 0 atom stereocenters. The summed E-state index contributed by atoms with van der Waals surface area (Å²) in [7, 11) is -0.715. The van der Waals surface area contributed by atoms with E-state index in [4.69, 9.17) is 9.31 Å². The molecule has 1 fully saturated rings. The molecule has 0 unspecified atom stereocenters. The highest BCUT2D eigenvalue weighted by atomic mass is 19.4. The Hall–Kier alpha value is -2.39. The van der Waals surface area contributed by atoms with Crippen molar-refractivity contribution >= 4 is 24.2 Å². The average Bonchev–Trinajstić information content (AvgIpc) is 2.83. The number of carbonyl (C=O) groups is 1. The second-order valence-corrected chi connectivity index (χ2v) is 8.31. The number of amides is 1. The normalized spacial score (nSPS) is 17.8. The summed E-state index contributed by atoms with van der Waals surface area (Å²) in [6.07, 6.45) is -4.65. The molecule has 4 nitrogen and oxygen atoms in total. The zero-order valence-corrected chi connectivity index (χ0v) is 17.3. The van der Waals surface area contributed by atoms with Crippen molar-refractivity contribution in [2.45, 2.75) is 52.0 Å². The molecular formula is C21H22BF4NO3. The van der Waals surface area contributed by atoms with Crippen LogP contribution in [-0.2, 0) is 15.5 Å². The molecule has 0 aliphatic carbocycles. The van der Waals surface area contributed by atoms with Crippen LogP contribution in [0.3, 0.4) is 0 Å². The molecule has 1 saturated heterocycles. The third-order valence-corrected chi connectivity index (χ3v) is 5.59. The Morgan fingerprint density at radius 2 is 1.60 bits per heavy atom. The van der Waals surface area contributed by atoms with Crippen LogP contribution in [0.1, 0.15) is 49.2 Å². The van der Waals surface area contributed by atoms with Gasteiger partial charge in [-0.05, 0) is 70.4 Å². The second kappa shape index (κ2) is 7.39. The van der Waals surface area contributed by atoms with Gasteiger partial charge in [-0.3, -0.25) is 4.79 Å². The second-order valence-electron chi connectivity index (χ2n) is 8.31. The average molecular weight is 423 g/mol. The molecule has 2 aromatic carbocycles. The van der Waals surface area contributed by atoms with Gasteiger partial charge in [0.2, 0.25) is 0 Å². The maximum Gasteiger partial charge on any atom is 0.495 e. The molecule has 0 radical (unpaired) electrons. The number of hydrogen-bond donors (Lipinski definition) is 1. The van der Waals surface area contributed by atoms with Crippen LogP contribution in [0, 0.1) is 12.7 Å². The fraction of sp³-hybridized carbons (Fsp3) is 0.381. The van der Waals surface area contributed by atoms with Crippen molar-refractivity contribution in [2.75, 3.05) is 5.32 Å². The van der Waals surface area contributed by atoms with E-state index in [0.29, 0.717) is 23.7 Å². The van der Waals surface area contributed by atoms with Crippen LogP contribution in [0.15, 0.2) is 36.4 Å². The van der Waals surface area contributed by atoms with Crippen molar-refractivity contribution < 1.29 is 31.7 Å². The molecule has 30 heavy (non-hydrogen) atoms. The molecule has 160 valence electrons. The summed E-state index contributed by atoms with van der Waals surface area (Å²) in [5.41, 5.74) is -1.19. The minimum Gasteiger partial charge on any atom is -0.399 e. The zero-order valence-electron chi connectivity index (χ0n) is 17.3. The van der Waals surface area contributed by atoms with Gasteiger partial charge in [-0.2, -0.15) is 13.2 Å². The predicted octanol–water partition coefficient (Wildman–Crippen LogP) is 4.70. The van der Waals surface area contributed by atoms with Crippen LogP contribution in [-0.4, -0.2) is 24.2 Å². The molecule has 0 bridgehead atoms. The standard InChI is InChI=1S/C21H22BF4NO3/c1-12-6-7-13(10-15(12)22-29-19(2,3)20(4,5)30-22)18(28)27-17-11-14(21(24,25)26)8-9-16(17)23/h6-11H,1-5H3,(H,27,28). The van der Waals surface area contributed by atoms with Gasteiger partial charge in [0.1, 0.15) is 5.82 Å². The van der Waals surface area contributed by atoms with E-state index in [0.717, 1.165) is 5.56 Å². The monoisotopic (exact) mass is 423 g/mol. The molecule has 0 aromatic heterocycles. The van der Waals surface area contributed by atoms with Crippen molar-refractivity contribution in [1.82, 2.24) is 0 Å². The topological polar surface area (TPSA) is 47.6 Å². The lowest BCUT2D eigenvalue weighted by atomic mass is 9.75. The van der Waals surface area contributed by atoms with Crippen molar-refractivity contribution in [3.63, 3.8) is 0 Å². The molecule has 3 rings (SSSR count). The first-order valence-corrected chi connectivity index (χ1v) is 9.35. The third kappa shape index (κ3) is 4.22. The number of nitrogens with one attached hydrogen (secondary N) is 1. The number of hydrogen-bond acceptors (Lipinski definition) is 3. The van der Waals surface area contributed by atoms with Gasteiger partial charge in [0.05, 0.1) is 22.5 Å². The molecule has 0 saturated carbocycles.